The van der Waals surface area contributed by atoms with E-state index in [0.717, 1.165) is 16.7 Å². The highest BCUT2D eigenvalue weighted by atomic mass is 16.5. The minimum Gasteiger partial charge on any atom is -0.457 e. The third-order valence-corrected chi connectivity index (χ3v) is 5.62. The molecule has 3 aromatic carbocycles. The number of hydrogen-bond donors (Lipinski definition) is 0. The summed E-state index contributed by atoms with van der Waals surface area (Å²) < 4.78 is 10.4. The van der Waals surface area contributed by atoms with Gasteiger partial charge in [0.2, 0.25) is 0 Å². The van der Waals surface area contributed by atoms with E-state index in [1.807, 2.05) is 42.5 Å². The summed E-state index contributed by atoms with van der Waals surface area (Å²) in [6.07, 6.45) is 0.539. The minimum atomic E-state index is -0.584. The Labute approximate surface area is 197 Å². The summed E-state index contributed by atoms with van der Waals surface area (Å²) in [6, 6.07) is 21.3. The van der Waals surface area contributed by atoms with Crippen molar-refractivity contribution in [3.63, 3.8) is 0 Å². The van der Waals surface area contributed by atoms with Gasteiger partial charge in [-0.05, 0) is 47.4 Å². The van der Waals surface area contributed by atoms with E-state index in [1.54, 1.807) is 13.2 Å². The first-order valence-corrected chi connectivity index (χ1v) is 10.8. The molecule has 0 aromatic heterocycles. The lowest BCUT2D eigenvalue weighted by Crippen LogP contribution is -2.31. The lowest BCUT2D eigenvalue weighted by Gasteiger charge is -2.12. The van der Waals surface area contributed by atoms with Gasteiger partial charge in [-0.3, -0.25) is 14.5 Å². The number of carbonyl (C=O) groups excluding carboxylic acids is 3. The number of nitrogens with zero attached hydrogens (tertiary/aromatic N) is 2. The lowest BCUT2D eigenvalue weighted by molar-refractivity contribution is 0.0472. The summed E-state index contributed by atoms with van der Waals surface area (Å²) in [5.74, 6) is -1.37. The first kappa shape index (κ1) is 22.9. The third-order valence-electron chi connectivity index (χ3n) is 5.62. The number of hydrogen-bond acceptors (Lipinski definition) is 6. The number of nitriles is 1. The molecule has 0 aliphatic carbocycles. The number of imide groups is 1. The minimum absolute atomic E-state index is 0.0477. The van der Waals surface area contributed by atoms with Gasteiger partial charge in [-0.15, -0.1) is 0 Å². The number of fused-ring (bicyclic) bond motifs is 1. The van der Waals surface area contributed by atoms with Crippen molar-refractivity contribution in [3.05, 3.63) is 94.5 Å². The summed E-state index contributed by atoms with van der Waals surface area (Å²) in [6.45, 7) is 0.748. The SMILES string of the molecule is COCCCN1C(=O)c2ccc(C(=O)OCc3ccc(-c4ccccc4C#N)cc3)cc2C1=O. The molecule has 0 N–H and O–H groups in total. The molecule has 0 radical (unpaired) electrons. The fourth-order valence-corrected chi connectivity index (χ4v) is 3.83. The zero-order chi connectivity index (χ0) is 24.1. The van der Waals surface area contributed by atoms with Crippen LogP contribution in [0, 0.1) is 11.3 Å². The maximum Gasteiger partial charge on any atom is 0.338 e. The van der Waals surface area contributed by atoms with Crippen LogP contribution in [0.3, 0.4) is 0 Å². The van der Waals surface area contributed by atoms with Crippen molar-refractivity contribution in [2.75, 3.05) is 20.3 Å². The number of carbonyl (C=O) groups is 3. The maximum absolute atomic E-state index is 12.6. The molecule has 1 heterocycles. The highest BCUT2D eigenvalue weighted by Crippen LogP contribution is 2.26. The van der Waals surface area contributed by atoms with Crippen LogP contribution in [0.4, 0.5) is 0 Å². The average molecular weight is 454 g/mol. The number of benzene rings is 3. The maximum atomic E-state index is 12.6. The van der Waals surface area contributed by atoms with Crippen LogP contribution in [0.15, 0.2) is 66.7 Å². The van der Waals surface area contributed by atoms with Crippen molar-refractivity contribution in [1.82, 2.24) is 4.90 Å². The van der Waals surface area contributed by atoms with Crippen molar-refractivity contribution < 1.29 is 23.9 Å². The van der Waals surface area contributed by atoms with Crippen molar-refractivity contribution >= 4 is 17.8 Å². The summed E-state index contributed by atoms with van der Waals surface area (Å²) in [5.41, 5.74) is 3.79. The molecule has 4 rings (SSSR count). The average Bonchev–Trinajstić information content (AvgIpc) is 3.12. The Hall–Kier alpha value is -4.28. The highest BCUT2D eigenvalue weighted by molar-refractivity contribution is 6.21. The molecule has 0 saturated carbocycles. The van der Waals surface area contributed by atoms with Gasteiger partial charge in [0, 0.05) is 20.3 Å². The molecule has 0 atom stereocenters. The molecular formula is C27H22N2O5. The molecule has 0 unspecified atom stereocenters. The molecule has 34 heavy (non-hydrogen) atoms. The van der Waals surface area contributed by atoms with E-state index < -0.39 is 11.9 Å². The zero-order valence-corrected chi connectivity index (χ0v) is 18.6. The van der Waals surface area contributed by atoms with Crippen LogP contribution in [0.25, 0.3) is 11.1 Å². The van der Waals surface area contributed by atoms with Gasteiger partial charge in [0.25, 0.3) is 11.8 Å². The number of esters is 1. The van der Waals surface area contributed by atoms with Crippen molar-refractivity contribution in [2.24, 2.45) is 0 Å². The van der Waals surface area contributed by atoms with E-state index in [1.165, 1.54) is 23.1 Å². The second-order valence-corrected chi connectivity index (χ2v) is 7.80. The van der Waals surface area contributed by atoms with Crippen molar-refractivity contribution in [3.8, 4) is 17.2 Å². The van der Waals surface area contributed by atoms with E-state index in [2.05, 4.69) is 6.07 Å². The number of methoxy groups -OCH3 is 1. The fourth-order valence-electron chi connectivity index (χ4n) is 3.83. The topological polar surface area (TPSA) is 96.7 Å². The van der Waals surface area contributed by atoms with Gasteiger partial charge in [-0.25, -0.2) is 4.79 Å². The second kappa shape index (κ2) is 10.1. The van der Waals surface area contributed by atoms with E-state index in [9.17, 15) is 19.6 Å². The molecule has 0 saturated heterocycles. The van der Waals surface area contributed by atoms with Gasteiger partial charge in [-0.1, -0.05) is 42.5 Å². The van der Waals surface area contributed by atoms with Crippen LogP contribution in [0.1, 0.15) is 48.6 Å². The number of rotatable bonds is 8. The van der Waals surface area contributed by atoms with E-state index in [-0.39, 0.29) is 35.7 Å². The predicted molar refractivity (Wildman–Crippen MR) is 124 cm³/mol. The first-order chi connectivity index (χ1) is 16.5. The number of ether oxygens (including phenoxy) is 2. The van der Waals surface area contributed by atoms with Gasteiger partial charge in [0.05, 0.1) is 28.3 Å². The molecule has 0 bridgehead atoms. The molecule has 7 nitrogen and oxygen atoms in total. The van der Waals surface area contributed by atoms with Gasteiger partial charge in [-0.2, -0.15) is 5.26 Å². The first-order valence-electron chi connectivity index (χ1n) is 10.8. The molecule has 0 fully saturated rings. The Bertz CT molecular complexity index is 1290. The van der Waals surface area contributed by atoms with Gasteiger partial charge >= 0.3 is 5.97 Å². The summed E-state index contributed by atoms with van der Waals surface area (Å²) in [5, 5.41) is 9.29. The van der Waals surface area contributed by atoms with Crippen molar-refractivity contribution in [1.29, 1.82) is 5.26 Å². The number of amides is 2. The molecule has 1 aliphatic rings. The van der Waals surface area contributed by atoms with Crippen LogP contribution in [-0.4, -0.2) is 42.9 Å². The van der Waals surface area contributed by atoms with Gasteiger partial charge in [0.15, 0.2) is 0 Å². The molecule has 3 aromatic rings. The van der Waals surface area contributed by atoms with Crippen LogP contribution >= 0.6 is 0 Å². The quantitative estimate of drug-likeness (QED) is 0.287. The van der Waals surface area contributed by atoms with Crippen LogP contribution in [0.5, 0.6) is 0 Å². The van der Waals surface area contributed by atoms with E-state index in [4.69, 9.17) is 9.47 Å². The second-order valence-electron chi connectivity index (χ2n) is 7.80. The Morgan fingerprint density at radius 1 is 0.941 bits per heavy atom. The van der Waals surface area contributed by atoms with Crippen LogP contribution in [-0.2, 0) is 16.1 Å². The summed E-state index contributed by atoms with van der Waals surface area (Å²) in [7, 11) is 1.56. The largest absolute Gasteiger partial charge is 0.457 e. The normalized spacial score (nSPS) is 12.4. The molecule has 1 aliphatic heterocycles. The predicted octanol–water partition coefficient (Wildman–Crippen LogP) is 4.21. The van der Waals surface area contributed by atoms with Crippen LogP contribution < -0.4 is 0 Å². The Morgan fingerprint density at radius 2 is 1.68 bits per heavy atom. The molecule has 2 amide bonds. The smallest absolute Gasteiger partial charge is 0.338 e. The molecule has 0 spiro atoms. The standard InChI is InChI=1S/C27H22N2O5/c1-33-14-4-13-29-25(30)23-12-11-20(15-24(23)26(29)31)27(32)34-17-18-7-9-19(10-8-18)22-6-3-2-5-21(22)16-28/h2-3,5-12,15H,4,13-14,17H2,1H3. The zero-order valence-electron chi connectivity index (χ0n) is 18.6. The van der Waals surface area contributed by atoms with Crippen molar-refractivity contribution in [2.45, 2.75) is 13.0 Å². The van der Waals surface area contributed by atoms with Gasteiger partial charge < -0.3 is 9.47 Å². The lowest BCUT2D eigenvalue weighted by atomic mass is 9.99. The molecule has 7 heteroatoms. The van der Waals surface area contributed by atoms with E-state index >= 15 is 0 Å². The molecular weight excluding hydrogens is 432 g/mol. The molecule has 170 valence electrons. The summed E-state index contributed by atoms with van der Waals surface area (Å²) >= 11 is 0. The Kier molecular flexibility index (Phi) is 6.81. The summed E-state index contributed by atoms with van der Waals surface area (Å²) in [4.78, 5) is 38.9. The monoisotopic (exact) mass is 454 g/mol. The third kappa shape index (κ3) is 4.58. The highest BCUT2D eigenvalue weighted by Gasteiger charge is 2.35. The Morgan fingerprint density at radius 3 is 2.41 bits per heavy atom. The van der Waals surface area contributed by atoms with E-state index in [0.29, 0.717) is 18.6 Å². The van der Waals surface area contributed by atoms with Crippen LogP contribution in [0.2, 0.25) is 0 Å². The Balaban J connectivity index is 1.41. The van der Waals surface area contributed by atoms with Gasteiger partial charge in [0.1, 0.15) is 6.61 Å². The fraction of sp³-hybridized carbons (Fsp3) is 0.185.